The molecule has 1 fully saturated rings. The number of halogens is 2. The van der Waals surface area contributed by atoms with Gasteiger partial charge in [0.2, 0.25) is 0 Å². The third-order valence-electron chi connectivity index (χ3n) is 5.12. The minimum absolute atomic E-state index is 0.593. The minimum Gasteiger partial charge on any atom is -0.322 e. The Morgan fingerprint density at radius 2 is 1.62 bits per heavy atom. The van der Waals surface area contributed by atoms with Crippen molar-refractivity contribution in [3.05, 3.63) is 63.9 Å². The van der Waals surface area contributed by atoms with Gasteiger partial charge in [-0.15, -0.1) is 0 Å². The van der Waals surface area contributed by atoms with Gasteiger partial charge in [-0.2, -0.15) is 0 Å². The van der Waals surface area contributed by atoms with E-state index in [4.69, 9.17) is 28.2 Å². The lowest BCUT2D eigenvalue weighted by atomic mass is 10.2. The Kier molecular flexibility index (Phi) is 5.49. The van der Waals surface area contributed by atoms with Gasteiger partial charge >= 0.3 is 0 Å². The zero-order valence-corrected chi connectivity index (χ0v) is 16.3. The third kappa shape index (κ3) is 3.90. The number of benzene rings is 2. The molecule has 1 aliphatic heterocycles. The summed E-state index contributed by atoms with van der Waals surface area (Å²) < 4.78 is 2.32. The summed E-state index contributed by atoms with van der Waals surface area (Å²) in [7, 11) is 0. The number of hydrogen-bond acceptors (Lipinski definition) is 2. The number of imidazole rings is 1. The quantitative estimate of drug-likeness (QED) is 0.566. The molecule has 0 aliphatic carbocycles. The van der Waals surface area contributed by atoms with E-state index >= 15 is 0 Å². The van der Waals surface area contributed by atoms with E-state index in [1.54, 1.807) is 0 Å². The fraction of sp³-hybridized carbons (Fsp3) is 0.381. The molecule has 4 rings (SSSR count). The molecule has 136 valence electrons. The molecule has 0 bridgehead atoms. The number of aromatic nitrogens is 2. The van der Waals surface area contributed by atoms with E-state index in [-0.39, 0.29) is 0 Å². The van der Waals surface area contributed by atoms with Gasteiger partial charge in [-0.3, -0.25) is 4.90 Å². The highest BCUT2D eigenvalue weighted by Gasteiger charge is 2.16. The SMILES string of the molecule is Clc1ccc(Cn2c(CN3CCCCCC3)nc3ccccc32)cc1Cl. The number of para-hydroxylation sites is 2. The first-order valence-electron chi connectivity index (χ1n) is 9.31. The standard InChI is InChI=1S/C21H23Cl2N3/c22-17-10-9-16(13-18(17)23)14-26-20-8-4-3-7-19(20)24-21(26)15-25-11-5-1-2-6-12-25/h3-4,7-10,13H,1-2,5-6,11-12,14-15H2. The monoisotopic (exact) mass is 387 g/mol. The maximum Gasteiger partial charge on any atom is 0.124 e. The molecule has 2 heterocycles. The number of nitrogens with zero attached hydrogens (tertiary/aromatic N) is 3. The molecule has 1 aromatic heterocycles. The summed E-state index contributed by atoms with van der Waals surface area (Å²) in [6, 6.07) is 14.2. The summed E-state index contributed by atoms with van der Waals surface area (Å²) in [6.45, 7) is 3.97. The average molecular weight is 388 g/mol. The molecule has 2 aromatic carbocycles. The zero-order chi connectivity index (χ0) is 17.9. The molecule has 26 heavy (non-hydrogen) atoms. The topological polar surface area (TPSA) is 21.1 Å². The van der Waals surface area contributed by atoms with E-state index in [2.05, 4.69) is 33.7 Å². The summed E-state index contributed by atoms with van der Waals surface area (Å²) >= 11 is 12.3. The average Bonchev–Trinajstić information content (AvgIpc) is 2.81. The Bertz CT molecular complexity index is 895. The van der Waals surface area contributed by atoms with E-state index in [9.17, 15) is 0 Å². The second-order valence-electron chi connectivity index (χ2n) is 7.04. The van der Waals surface area contributed by atoms with Crippen molar-refractivity contribution in [3.63, 3.8) is 0 Å². The van der Waals surface area contributed by atoms with Crippen LogP contribution in [-0.2, 0) is 13.1 Å². The van der Waals surface area contributed by atoms with Crippen LogP contribution < -0.4 is 0 Å². The number of hydrogen-bond donors (Lipinski definition) is 0. The van der Waals surface area contributed by atoms with E-state index in [0.29, 0.717) is 10.0 Å². The second kappa shape index (κ2) is 7.99. The lowest BCUT2D eigenvalue weighted by Gasteiger charge is -2.20. The van der Waals surface area contributed by atoms with Crippen LogP contribution in [0.15, 0.2) is 42.5 Å². The van der Waals surface area contributed by atoms with E-state index in [1.165, 1.54) is 31.2 Å². The third-order valence-corrected chi connectivity index (χ3v) is 5.86. The van der Waals surface area contributed by atoms with Crippen LogP contribution in [0.5, 0.6) is 0 Å². The molecule has 1 aliphatic rings. The molecule has 1 saturated heterocycles. The molecule has 0 spiro atoms. The Hall–Kier alpha value is -1.55. The first kappa shape index (κ1) is 17.8. The van der Waals surface area contributed by atoms with Gasteiger partial charge in [-0.05, 0) is 55.8 Å². The molecule has 0 N–H and O–H groups in total. The summed E-state index contributed by atoms with van der Waals surface area (Å²) in [5.74, 6) is 1.12. The van der Waals surface area contributed by atoms with E-state index < -0.39 is 0 Å². The number of likely N-dealkylation sites (tertiary alicyclic amines) is 1. The second-order valence-corrected chi connectivity index (χ2v) is 7.86. The van der Waals surface area contributed by atoms with Gasteiger partial charge in [0.1, 0.15) is 5.82 Å². The number of fused-ring (bicyclic) bond motifs is 1. The molecular formula is C21H23Cl2N3. The van der Waals surface area contributed by atoms with Crippen molar-refractivity contribution in [3.8, 4) is 0 Å². The summed E-state index contributed by atoms with van der Waals surface area (Å²) in [4.78, 5) is 7.48. The van der Waals surface area contributed by atoms with Gasteiger partial charge < -0.3 is 4.57 Å². The Balaban J connectivity index is 1.67. The van der Waals surface area contributed by atoms with Crippen molar-refractivity contribution in [1.29, 1.82) is 0 Å². The van der Waals surface area contributed by atoms with Gasteiger partial charge in [-0.25, -0.2) is 4.98 Å². The fourth-order valence-electron chi connectivity index (χ4n) is 3.74. The van der Waals surface area contributed by atoms with Crippen LogP contribution in [-0.4, -0.2) is 27.5 Å². The smallest absolute Gasteiger partial charge is 0.124 e. The minimum atomic E-state index is 0.593. The van der Waals surface area contributed by atoms with Gasteiger partial charge in [0.15, 0.2) is 0 Å². The molecule has 3 nitrogen and oxygen atoms in total. The number of rotatable bonds is 4. The van der Waals surface area contributed by atoms with Gasteiger partial charge in [0.25, 0.3) is 0 Å². The molecule has 0 saturated carbocycles. The first-order valence-corrected chi connectivity index (χ1v) is 10.1. The van der Waals surface area contributed by atoms with Gasteiger partial charge in [-0.1, -0.05) is 54.2 Å². The summed E-state index contributed by atoms with van der Waals surface area (Å²) in [5.41, 5.74) is 3.36. The van der Waals surface area contributed by atoms with Crippen LogP contribution in [0.4, 0.5) is 0 Å². The van der Waals surface area contributed by atoms with E-state index in [1.807, 2.05) is 18.2 Å². The largest absolute Gasteiger partial charge is 0.322 e. The van der Waals surface area contributed by atoms with Crippen LogP contribution in [0, 0.1) is 0 Å². The van der Waals surface area contributed by atoms with Crippen LogP contribution in [0.3, 0.4) is 0 Å². The maximum atomic E-state index is 6.22. The molecule has 0 amide bonds. The van der Waals surface area contributed by atoms with Crippen molar-refractivity contribution in [1.82, 2.24) is 14.5 Å². The van der Waals surface area contributed by atoms with Crippen LogP contribution in [0.25, 0.3) is 11.0 Å². The normalized spacial score (nSPS) is 16.1. The molecule has 0 atom stereocenters. The maximum absolute atomic E-state index is 6.22. The van der Waals surface area contributed by atoms with E-state index in [0.717, 1.165) is 43.1 Å². The molecular weight excluding hydrogens is 365 g/mol. The lowest BCUT2D eigenvalue weighted by molar-refractivity contribution is 0.267. The Labute approximate surface area is 164 Å². The summed E-state index contributed by atoms with van der Waals surface area (Å²) in [6.07, 6.45) is 5.26. The highest BCUT2D eigenvalue weighted by molar-refractivity contribution is 6.42. The van der Waals surface area contributed by atoms with Crippen molar-refractivity contribution in [2.45, 2.75) is 38.8 Å². The highest BCUT2D eigenvalue weighted by Crippen LogP contribution is 2.25. The van der Waals surface area contributed by atoms with Crippen molar-refractivity contribution in [2.24, 2.45) is 0 Å². The van der Waals surface area contributed by atoms with Gasteiger partial charge in [0.05, 0.1) is 27.6 Å². The van der Waals surface area contributed by atoms with Crippen molar-refractivity contribution < 1.29 is 0 Å². The summed E-state index contributed by atoms with van der Waals surface area (Å²) in [5, 5.41) is 1.19. The first-order chi connectivity index (χ1) is 12.7. The zero-order valence-electron chi connectivity index (χ0n) is 14.8. The van der Waals surface area contributed by atoms with Gasteiger partial charge in [0, 0.05) is 6.54 Å². The Morgan fingerprint density at radius 3 is 2.38 bits per heavy atom. The fourth-order valence-corrected chi connectivity index (χ4v) is 4.06. The van der Waals surface area contributed by atoms with Crippen molar-refractivity contribution >= 4 is 34.2 Å². The predicted molar refractivity (Wildman–Crippen MR) is 109 cm³/mol. The molecule has 3 aromatic rings. The predicted octanol–water partition coefficient (Wildman–Crippen LogP) is 5.77. The molecule has 0 unspecified atom stereocenters. The van der Waals surface area contributed by atoms with Crippen LogP contribution >= 0.6 is 23.2 Å². The molecule has 5 heteroatoms. The van der Waals surface area contributed by atoms with Crippen LogP contribution in [0.1, 0.15) is 37.1 Å². The van der Waals surface area contributed by atoms with Crippen LogP contribution in [0.2, 0.25) is 10.0 Å². The van der Waals surface area contributed by atoms with Crippen molar-refractivity contribution in [2.75, 3.05) is 13.1 Å². The lowest BCUT2D eigenvalue weighted by Crippen LogP contribution is -2.26. The molecule has 0 radical (unpaired) electrons. The highest BCUT2D eigenvalue weighted by atomic mass is 35.5. The Morgan fingerprint density at radius 1 is 0.846 bits per heavy atom.